The second kappa shape index (κ2) is 4.96. The molecule has 0 radical (unpaired) electrons. The Balaban J connectivity index is 2.02. The second-order valence-electron chi connectivity index (χ2n) is 2.94. The molecule has 5 heteroatoms. The van der Waals surface area contributed by atoms with Gasteiger partial charge in [0.25, 0.3) is 0 Å². The molecular formula is C10H9ClN2S2. The molecule has 2 rings (SSSR count). The van der Waals surface area contributed by atoms with Crippen LogP contribution in [0.5, 0.6) is 0 Å². The molecule has 2 nitrogen and oxygen atoms in total. The summed E-state index contributed by atoms with van der Waals surface area (Å²) in [5, 5.41) is 4.73. The van der Waals surface area contributed by atoms with Crippen molar-refractivity contribution in [1.29, 1.82) is 0 Å². The first-order chi connectivity index (χ1) is 7.25. The fourth-order valence-corrected chi connectivity index (χ4v) is 2.87. The van der Waals surface area contributed by atoms with E-state index in [-0.39, 0.29) is 0 Å². The molecule has 0 atom stereocenters. The Kier molecular flexibility index (Phi) is 3.61. The highest BCUT2D eigenvalue weighted by Gasteiger charge is 2.03. The van der Waals surface area contributed by atoms with Gasteiger partial charge < -0.3 is 0 Å². The van der Waals surface area contributed by atoms with E-state index in [1.165, 1.54) is 0 Å². The Bertz CT molecular complexity index is 456. The van der Waals surface area contributed by atoms with Crippen LogP contribution in [0.2, 0.25) is 5.02 Å². The standard InChI is InChI=1S/C10H9ClN2S2/c1-7-13-8(5-14-7)6-15-10-9(11)3-2-4-12-10/h2-5H,6H2,1H3. The van der Waals surface area contributed by atoms with Crippen molar-refractivity contribution in [2.24, 2.45) is 0 Å². The summed E-state index contributed by atoms with van der Waals surface area (Å²) in [5.41, 5.74) is 1.09. The lowest BCUT2D eigenvalue weighted by Gasteiger charge is -1.99. The highest BCUT2D eigenvalue weighted by Crippen LogP contribution is 2.27. The molecule has 0 aliphatic carbocycles. The molecule has 78 valence electrons. The Hall–Kier alpha value is -0.580. The maximum atomic E-state index is 5.99. The third-order valence-corrected chi connectivity index (χ3v) is 4.03. The van der Waals surface area contributed by atoms with Crippen molar-refractivity contribution in [3.63, 3.8) is 0 Å². The van der Waals surface area contributed by atoms with Crippen molar-refractivity contribution in [1.82, 2.24) is 9.97 Å². The zero-order valence-corrected chi connectivity index (χ0v) is 10.5. The van der Waals surface area contributed by atoms with Crippen molar-refractivity contribution >= 4 is 34.7 Å². The quantitative estimate of drug-likeness (QED) is 0.782. The first kappa shape index (κ1) is 10.9. The molecule has 2 aromatic rings. The van der Waals surface area contributed by atoms with Crippen molar-refractivity contribution in [3.05, 3.63) is 39.4 Å². The van der Waals surface area contributed by atoms with Crippen LogP contribution in [0.3, 0.4) is 0 Å². The summed E-state index contributed by atoms with van der Waals surface area (Å²) in [6.07, 6.45) is 1.75. The second-order valence-corrected chi connectivity index (χ2v) is 5.37. The molecule has 0 saturated heterocycles. The minimum absolute atomic E-state index is 0.703. The maximum Gasteiger partial charge on any atom is 0.115 e. The van der Waals surface area contributed by atoms with Gasteiger partial charge in [-0.15, -0.1) is 11.3 Å². The molecule has 0 bridgehead atoms. The lowest BCUT2D eigenvalue weighted by molar-refractivity contribution is 1.12. The summed E-state index contributed by atoms with van der Waals surface area (Å²) >= 11 is 9.28. The smallest absolute Gasteiger partial charge is 0.115 e. The van der Waals surface area contributed by atoms with Gasteiger partial charge in [0.05, 0.1) is 15.7 Å². The average Bonchev–Trinajstić information content (AvgIpc) is 2.63. The molecule has 0 unspecified atom stereocenters. The molecule has 15 heavy (non-hydrogen) atoms. The average molecular weight is 257 g/mol. The van der Waals surface area contributed by atoms with Gasteiger partial charge in [0.15, 0.2) is 0 Å². The molecule has 0 N–H and O–H groups in total. The number of nitrogens with zero attached hydrogens (tertiary/aromatic N) is 2. The van der Waals surface area contributed by atoms with Gasteiger partial charge in [0.1, 0.15) is 5.03 Å². The van der Waals surface area contributed by atoms with Crippen LogP contribution in [0.25, 0.3) is 0 Å². The predicted molar refractivity (Wildman–Crippen MR) is 65.7 cm³/mol. The Morgan fingerprint density at radius 3 is 3.07 bits per heavy atom. The molecule has 0 saturated carbocycles. The Morgan fingerprint density at radius 2 is 2.40 bits per heavy atom. The molecule has 0 aliphatic heterocycles. The molecule has 2 heterocycles. The number of hydrogen-bond donors (Lipinski definition) is 0. The maximum absolute atomic E-state index is 5.99. The van der Waals surface area contributed by atoms with Gasteiger partial charge in [-0.2, -0.15) is 0 Å². The van der Waals surface area contributed by atoms with E-state index in [0.717, 1.165) is 21.5 Å². The van der Waals surface area contributed by atoms with E-state index in [1.807, 2.05) is 19.1 Å². The van der Waals surface area contributed by atoms with Gasteiger partial charge in [-0.05, 0) is 19.1 Å². The summed E-state index contributed by atoms with van der Waals surface area (Å²) in [7, 11) is 0. The molecule has 0 aliphatic rings. The van der Waals surface area contributed by atoms with Crippen LogP contribution in [0.4, 0.5) is 0 Å². The number of pyridine rings is 1. The SMILES string of the molecule is Cc1nc(CSc2ncccc2Cl)cs1. The fourth-order valence-electron chi connectivity index (χ4n) is 1.09. The number of rotatable bonds is 3. The first-order valence-electron chi connectivity index (χ1n) is 4.40. The van der Waals surface area contributed by atoms with Crippen molar-refractivity contribution < 1.29 is 0 Å². The minimum Gasteiger partial charge on any atom is -0.248 e. The minimum atomic E-state index is 0.703. The summed E-state index contributed by atoms with van der Waals surface area (Å²) in [4.78, 5) is 8.59. The fraction of sp³-hybridized carbons (Fsp3) is 0.200. The van der Waals surface area contributed by atoms with Gasteiger partial charge in [-0.1, -0.05) is 23.4 Å². The Morgan fingerprint density at radius 1 is 1.53 bits per heavy atom. The molecular weight excluding hydrogens is 248 g/mol. The predicted octanol–water partition coefficient (Wildman–Crippen LogP) is 3.79. The van der Waals surface area contributed by atoms with Crippen molar-refractivity contribution in [2.45, 2.75) is 17.7 Å². The van der Waals surface area contributed by atoms with E-state index >= 15 is 0 Å². The summed E-state index contributed by atoms with van der Waals surface area (Å²) in [6, 6.07) is 3.68. The Labute approximate surface area is 102 Å². The van der Waals surface area contributed by atoms with Gasteiger partial charge in [-0.3, -0.25) is 0 Å². The van der Waals surface area contributed by atoms with Crippen LogP contribution >= 0.6 is 34.7 Å². The van der Waals surface area contributed by atoms with Crippen LogP contribution in [0, 0.1) is 6.92 Å². The number of hydrogen-bond acceptors (Lipinski definition) is 4. The molecule has 2 aromatic heterocycles. The molecule has 0 aromatic carbocycles. The largest absolute Gasteiger partial charge is 0.248 e. The number of aryl methyl sites for hydroxylation is 1. The zero-order valence-electron chi connectivity index (χ0n) is 8.11. The normalized spacial score (nSPS) is 10.5. The van der Waals surface area contributed by atoms with Gasteiger partial charge in [-0.25, -0.2) is 9.97 Å². The van der Waals surface area contributed by atoms with Gasteiger partial charge in [0, 0.05) is 17.3 Å². The van der Waals surface area contributed by atoms with E-state index in [2.05, 4.69) is 15.3 Å². The first-order valence-corrected chi connectivity index (χ1v) is 6.64. The van der Waals surface area contributed by atoms with Gasteiger partial charge >= 0.3 is 0 Å². The van der Waals surface area contributed by atoms with E-state index < -0.39 is 0 Å². The molecule has 0 amide bonds. The van der Waals surface area contributed by atoms with E-state index in [1.54, 1.807) is 29.3 Å². The highest BCUT2D eigenvalue weighted by atomic mass is 35.5. The topological polar surface area (TPSA) is 25.8 Å². The molecule has 0 spiro atoms. The third kappa shape index (κ3) is 2.93. The monoisotopic (exact) mass is 256 g/mol. The number of thioether (sulfide) groups is 1. The van der Waals surface area contributed by atoms with E-state index in [4.69, 9.17) is 11.6 Å². The van der Waals surface area contributed by atoms with Crippen LogP contribution in [-0.2, 0) is 5.75 Å². The van der Waals surface area contributed by atoms with Crippen LogP contribution in [0.15, 0.2) is 28.7 Å². The lowest BCUT2D eigenvalue weighted by atomic mass is 10.5. The van der Waals surface area contributed by atoms with Crippen LogP contribution < -0.4 is 0 Å². The zero-order chi connectivity index (χ0) is 10.7. The van der Waals surface area contributed by atoms with Crippen molar-refractivity contribution in [2.75, 3.05) is 0 Å². The summed E-state index contributed by atoms with van der Waals surface area (Å²) in [6.45, 7) is 2.01. The van der Waals surface area contributed by atoms with Crippen LogP contribution in [-0.4, -0.2) is 9.97 Å². The third-order valence-electron chi connectivity index (χ3n) is 1.75. The highest BCUT2D eigenvalue weighted by molar-refractivity contribution is 7.98. The molecule has 0 fully saturated rings. The lowest BCUT2D eigenvalue weighted by Crippen LogP contribution is -1.84. The van der Waals surface area contributed by atoms with E-state index in [0.29, 0.717) is 5.02 Å². The number of aromatic nitrogens is 2. The van der Waals surface area contributed by atoms with Crippen LogP contribution in [0.1, 0.15) is 10.7 Å². The van der Waals surface area contributed by atoms with E-state index in [9.17, 15) is 0 Å². The summed E-state index contributed by atoms with van der Waals surface area (Å²) in [5.74, 6) is 0.821. The number of halogens is 1. The summed E-state index contributed by atoms with van der Waals surface area (Å²) < 4.78 is 0. The van der Waals surface area contributed by atoms with Gasteiger partial charge in [0.2, 0.25) is 0 Å². The van der Waals surface area contributed by atoms with Crippen molar-refractivity contribution in [3.8, 4) is 0 Å². The number of thiazole rings is 1.